The fourth-order valence-corrected chi connectivity index (χ4v) is 4.17. The topological polar surface area (TPSA) is 101 Å². The molecule has 0 radical (unpaired) electrons. The van der Waals surface area contributed by atoms with Gasteiger partial charge in [-0.3, -0.25) is 14.2 Å². The van der Waals surface area contributed by atoms with Crippen molar-refractivity contribution in [2.24, 2.45) is 0 Å². The third-order valence-electron chi connectivity index (χ3n) is 4.40. The SMILES string of the molecule is N#Cc1ccc(-n2c(SCC(=O)Nc3ncc(Cl)cc3Cl)nc3ccccc3c2=O)cc1. The van der Waals surface area contributed by atoms with E-state index < -0.39 is 0 Å². The monoisotopic (exact) mass is 481 g/mol. The number of pyridine rings is 1. The van der Waals surface area contributed by atoms with Crippen molar-refractivity contribution in [3.8, 4) is 11.8 Å². The molecule has 0 saturated heterocycles. The summed E-state index contributed by atoms with van der Waals surface area (Å²) in [4.78, 5) is 34.3. The Hall–Kier alpha value is -3.38. The smallest absolute Gasteiger partial charge is 0.266 e. The average molecular weight is 482 g/mol. The summed E-state index contributed by atoms with van der Waals surface area (Å²) in [6.45, 7) is 0. The zero-order valence-electron chi connectivity index (χ0n) is 16.3. The highest BCUT2D eigenvalue weighted by Crippen LogP contribution is 2.24. The van der Waals surface area contributed by atoms with Gasteiger partial charge in [-0.1, -0.05) is 47.1 Å². The van der Waals surface area contributed by atoms with Crippen molar-refractivity contribution in [1.82, 2.24) is 14.5 Å². The number of rotatable bonds is 5. The van der Waals surface area contributed by atoms with Crippen LogP contribution in [0.2, 0.25) is 10.0 Å². The molecule has 0 saturated carbocycles. The lowest BCUT2D eigenvalue weighted by molar-refractivity contribution is -0.113. The molecule has 0 spiro atoms. The van der Waals surface area contributed by atoms with Crippen LogP contribution in [0.4, 0.5) is 5.82 Å². The maximum absolute atomic E-state index is 13.2. The number of fused-ring (bicyclic) bond motifs is 1. The number of amides is 1. The second-order valence-electron chi connectivity index (χ2n) is 6.53. The van der Waals surface area contributed by atoms with Gasteiger partial charge in [0.1, 0.15) is 0 Å². The predicted octanol–water partition coefficient (Wildman–Crippen LogP) is 4.69. The number of nitriles is 1. The number of para-hydroxylation sites is 1. The number of carbonyl (C=O) groups excluding carboxylic acids is 1. The van der Waals surface area contributed by atoms with Gasteiger partial charge in [0.25, 0.3) is 5.56 Å². The third kappa shape index (κ3) is 4.60. The van der Waals surface area contributed by atoms with Crippen molar-refractivity contribution >= 4 is 57.6 Å². The number of carbonyl (C=O) groups is 1. The van der Waals surface area contributed by atoms with Gasteiger partial charge >= 0.3 is 0 Å². The van der Waals surface area contributed by atoms with Crippen LogP contribution in [0.15, 0.2) is 70.7 Å². The number of anilines is 1. The lowest BCUT2D eigenvalue weighted by Crippen LogP contribution is -2.23. The Morgan fingerprint density at radius 2 is 1.91 bits per heavy atom. The van der Waals surface area contributed by atoms with Gasteiger partial charge in [0, 0.05) is 6.20 Å². The predicted molar refractivity (Wildman–Crippen MR) is 126 cm³/mol. The van der Waals surface area contributed by atoms with E-state index in [9.17, 15) is 9.59 Å². The van der Waals surface area contributed by atoms with Crippen molar-refractivity contribution in [3.05, 3.63) is 86.8 Å². The quantitative estimate of drug-likeness (QED) is 0.327. The number of nitrogens with zero attached hydrogens (tertiary/aromatic N) is 4. The van der Waals surface area contributed by atoms with Gasteiger partial charge in [0.15, 0.2) is 11.0 Å². The van der Waals surface area contributed by atoms with Crippen LogP contribution in [-0.4, -0.2) is 26.2 Å². The Labute approximate surface area is 196 Å². The molecular formula is C22H13Cl2N5O2S. The Bertz CT molecular complexity index is 1430. The Balaban J connectivity index is 1.67. The number of hydrogen-bond donors (Lipinski definition) is 1. The first-order chi connectivity index (χ1) is 15.5. The minimum atomic E-state index is -0.375. The number of benzene rings is 2. The highest BCUT2D eigenvalue weighted by atomic mass is 35.5. The minimum absolute atomic E-state index is 0.0400. The van der Waals surface area contributed by atoms with Crippen LogP contribution in [0, 0.1) is 11.3 Å². The third-order valence-corrected chi connectivity index (χ3v) is 5.83. The fraction of sp³-hybridized carbons (Fsp3) is 0.0455. The van der Waals surface area contributed by atoms with Crippen LogP contribution in [0.5, 0.6) is 0 Å². The molecule has 0 aliphatic heterocycles. The van der Waals surface area contributed by atoms with E-state index in [4.69, 9.17) is 28.5 Å². The van der Waals surface area contributed by atoms with Gasteiger partial charge in [-0.05, 0) is 42.5 Å². The molecule has 0 unspecified atom stereocenters. The summed E-state index contributed by atoms with van der Waals surface area (Å²) in [5, 5.41) is 13.0. The van der Waals surface area contributed by atoms with E-state index in [1.807, 2.05) is 6.07 Å². The summed E-state index contributed by atoms with van der Waals surface area (Å²) in [6, 6.07) is 17.1. The van der Waals surface area contributed by atoms with E-state index >= 15 is 0 Å². The first-order valence-electron chi connectivity index (χ1n) is 9.22. The molecule has 10 heteroatoms. The molecular weight excluding hydrogens is 469 g/mol. The molecule has 0 fully saturated rings. The Morgan fingerprint density at radius 3 is 2.62 bits per heavy atom. The van der Waals surface area contributed by atoms with E-state index in [1.54, 1.807) is 48.5 Å². The molecule has 4 rings (SSSR count). The molecule has 1 N–H and O–H groups in total. The van der Waals surface area contributed by atoms with Crippen molar-refractivity contribution in [1.29, 1.82) is 5.26 Å². The van der Waals surface area contributed by atoms with Crippen LogP contribution < -0.4 is 10.9 Å². The number of nitrogens with one attached hydrogen (secondary N) is 1. The molecule has 2 heterocycles. The van der Waals surface area contributed by atoms with Crippen molar-refractivity contribution in [3.63, 3.8) is 0 Å². The molecule has 0 aliphatic rings. The first-order valence-corrected chi connectivity index (χ1v) is 11.0. The summed E-state index contributed by atoms with van der Waals surface area (Å²) < 4.78 is 1.43. The molecule has 158 valence electrons. The van der Waals surface area contributed by atoms with Crippen LogP contribution in [-0.2, 0) is 4.79 Å². The van der Waals surface area contributed by atoms with Crippen LogP contribution in [0.3, 0.4) is 0 Å². The van der Waals surface area contributed by atoms with Gasteiger partial charge in [-0.15, -0.1) is 0 Å². The molecule has 4 aromatic rings. The largest absolute Gasteiger partial charge is 0.309 e. The molecule has 7 nitrogen and oxygen atoms in total. The number of aromatic nitrogens is 3. The minimum Gasteiger partial charge on any atom is -0.309 e. The molecule has 0 atom stereocenters. The van der Waals surface area contributed by atoms with Crippen molar-refractivity contribution in [2.45, 2.75) is 5.16 Å². The van der Waals surface area contributed by atoms with E-state index in [-0.39, 0.29) is 28.1 Å². The zero-order chi connectivity index (χ0) is 22.7. The van der Waals surface area contributed by atoms with E-state index in [0.717, 1.165) is 11.8 Å². The van der Waals surface area contributed by atoms with Gasteiger partial charge in [-0.25, -0.2) is 9.97 Å². The normalized spacial score (nSPS) is 10.7. The van der Waals surface area contributed by atoms with E-state index in [1.165, 1.54) is 16.8 Å². The Kier molecular flexibility index (Phi) is 6.42. The molecule has 1 amide bonds. The lowest BCUT2D eigenvalue weighted by Gasteiger charge is -2.13. The number of hydrogen-bond acceptors (Lipinski definition) is 6. The molecule has 32 heavy (non-hydrogen) atoms. The molecule has 0 bridgehead atoms. The lowest BCUT2D eigenvalue weighted by atomic mass is 10.2. The molecule has 2 aromatic heterocycles. The second kappa shape index (κ2) is 9.40. The number of halogens is 2. The highest BCUT2D eigenvalue weighted by molar-refractivity contribution is 7.99. The number of thioether (sulfide) groups is 1. The summed E-state index contributed by atoms with van der Waals surface area (Å²) in [6.07, 6.45) is 1.38. The summed E-state index contributed by atoms with van der Waals surface area (Å²) in [5.41, 5.74) is 1.26. The molecule has 0 aliphatic carbocycles. The van der Waals surface area contributed by atoms with Crippen molar-refractivity contribution in [2.75, 3.05) is 11.1 Å². The highest BCUT2D eigenvalue weighted by Gasteiger charge is 2.16. The maximum atomic E-state index is 13.2. The van der Waals surface area contributed by atoms with Gasteiger partial charge in [-0.2, -0.15) is 5.26 Å². The second-order valence-corrected chi connectivity index (χ2v) is 8.32. The molecule has 2 aromatic carbocycles. The van der Waals surface area contributed by atoms with Crippen LogP contribution >= 0.6 is 35.0 Å². The zero-order valence-corrected chi connectivity index (χ0v) is 18.6. The van der Waals surface area contributed by atoms with E-state index in [0.29, 0.717) is 32.3 Å². The maximum Gasteiger partial charge on any atom is 0.266 e. The van der Waals surface area contributed by atoms with Gasteiger partial charge < -0.3 is 5.32 Å². The standard InChI is InChI=1S/C22H13Cl2N5O2S/c23-14-9-17(24)20(26-11-14)28-19(30)12-32-22-27-18-4-2-1-3-16(18)21(31)29(22)15-7-5-13(10-25)6-8-15/h1-9,11H,12H2,(H,26,28,30). The summed E-state index contributed by atoms with van der Waals surface area (Å²) >= 11 is 13.0. The van der Waals surface area contributed by atoms with E-state index in [2.05, 4.69) is 15.3 Å². The van der Waals surface area contributed by atoms with Crippen molar-refractivity contribution < 1.29 is 4.79 Å². The van der Waals surface area contributed by atoms with Crippen LogP contribution in [0.1, 0.15) is 5.56 Å². The average Bonchev–Trinajstić information content (AvgIpc) is 2.80. The summed E-state index contributed by atoms with van der Waals surface area (Å²) in [5.74, 6) is -0.222. The Morgan fingerprint density at radius 1 is 1.16 bits per heavy atom. The first kappa shape index (κ1) is 21.8. The van der Waals surface area contributed by atoms with Crippen LogP contribution in [0.25, 0.3) is 16.6 Å². The van der Waals surface area contributed by atoms with Gasteiger partial charge in [0.2, 0.25) is 5.91 Å². The summed E-state index contributed by atoms with van der Waals surface area (Å²) in [7, 11) is 0. The fourth-order valence-electron chi connectivity index (χ4n) is 2.93. The van der Waals surface area contributed by atoms with Gasteiger partial charge in [0.05, 0.1) is 44.0 Å².